The number of nitrogens with one attached hydrogen (secondary N) is 1. The van der Waals surface area contributed by atoms with Gasteiger partial charge in [-0.2, -0.15) is 0 Å². The van der Waals surface area contributed by atoms with Crippen molar-refractivity contribution in [2.45, 2.75) is 19.4 Å². The zero-order valence-electron chi connectivity index (χ0n) is 13.0. The van der Waals surface area contributed by atoms with E-state index < -0.39 is 0 Å². The summed E-state index contributed by atoms with van der Waals surface area (Å²) in [5, 5.41) is 3.78. The molecular weight excluding hydrogens is 308 g/mol. The van der Waals surface area contributed by atoms with Crippen LogP contribution < -0.4 is 5.32 Å². The molecule has 2 aromatic rings. The number of likely N-dealkylation sites (tertiary alicyclic amines) is 1. The minimum absolute atomic E-state index is 0.0446. The number of carbonyl (C=O) groups is 1. The van der Waals surface area contributed by atoms with Crippen LogP contribution in [0.3, 0.4) is 0 Å². The highest BCUT2D eigenvalue weighted by Crippen LogP contribution is 2.21. The van der Waals surface area contributed by atoms with E-state index in [1.807, 2.05) is 48.5 Å². The van der Waals surface area contributed by atoms with Gasteiger partial charge in [-0.25, -0.2) is 0 Å². The molecule has 1 aliphatic heterocycles. The summed E-state index contributed by atoms with van der Waals surface area (Å²) in [5.74, 6) is 0.162. The van der Waals surface area contributed by atoms with Gasteiger partial charge in [0.25, 0.3) is 0 Å². The van der Waals surface area contributed by atoms with Gasteiger partial charge in [0.2, 0.25) is 5.91 Å². The molecule has 3 rings (SSSR count). The molecule has 1 amide bonds. The van der Waals surface area contributed by atoms with E-state index in [-0.39, 0.29) is 11.8 Å². The molecule has 0 saturated carbocycles. The highest BCUT2D eigenvalue weighted by atomic mass is 35.5. The Bertz CT molecular complexity index is 659. The van der Waals surface area contributed by atoms with Crippen molar-refractivity contribution in [2.75, 3.05) is 18.4 Å². The number of para-hydroxylation sites is 1. The van der Waals surface area contributed by atoms with Gasteiger partial charge in [0.05, 0.1) is 5.92 Å². The molecule has 1 atom stereocenters. The molecule has 0 bridgehead atoms. The summed E-state index contributed by atoms with van der Waals surface area (Å²) in [6, 6.07) is 17.6. The summed E-state index contributed by atoms with van der Waals surface area (Å²) in [6.07, 6.45) is 2.00. The molecule has 2 aromatic carbocycles. The van der Waals surface area contributed by atoms with E-state index in [0.717, 1.165) is 43.2 Å². The number of piperidine rings is 1. The maximum Gasteiger partial charge on any atom is 0.228 e. The molecule has 3 nitrogen and oxygen atoms in total. The first-order chi connectivity index (χ1) is 11.2. The molecule has 1 heterocycles. The van der Waals surface area contributed by atoms with Crippen molar-refractivity contribution in [2.24, 2.45) is 5.92 Å². The molecule has 1 unspecified atom stereocenters. The SMILES string of the molecule is O=C(Nc1ccccc1)C1CCCN(Cc2cccc(Cl)c2)C1. The van der Waals surface area contributed by atoms with Crippen LogP contribution >= 0.6 is 11.6 Å². The van der Waals surface area contributed by atoms with Crippen LogP contribution in [-0.2, 0) is 11.3 Å². The van der Waals surface area contributed by atoms with E-state index in [2.05, 4.69) is 16.3 Å². The molecule has 0 spiro atoms. The second-order valence-corrected chi connectivity index (χ2v) is 6.50. The van der Waals surface area contributed by atoms with Crippen LogP contribution in [0.4, 0.5) is 5.69 Å². The Kier molecular flexibility index (Phi) is 5.31. The van der Waals surface area contributed by atoms with Gasteiger partial charge < -0.3 is 5.32 Å². The number of amides is 1. The van der Waals surface area contributed by atoms with Gasteiger partial charge in [-0.3, -0.25) is 9.69 Å². The van der Waals surface area contributed by atoms with E-state index in [0.29, 0.717) is 0 Å². The summed E-state index contributed by atoms with van der Waals surface area (Å²) in [7, 11) is 0. The highest BCUT2D eigenvalue weighted by Gasteiger charge is 2.25. The van der Waals surface area contributed by atoms with Crippen LogP contribution in [0.15, 0.2) is 54.6 Å². The summed E-state index contributed by atoms with van der Waals surface area (Å²) in [4.78, 5) is 14.8. The highest BCUT2D eigenvalue weighted by molar-refractivity contribution is 6.30. The third-order valence-electron chi connectivity index (χ3n) is 4.21. The van der Waals surface area contributed by atoms with Crippen molar-refractivity contribution in [3.63, 3.8) is 0 Å². The number of benzene rings is 2. The Hall–Kier alpha value is -1.84. The van der Waals surface area contributed by atoms with Gasteiger partial charge in [0.15, 0.2) is 0 Å². The van der Waals surface area contributed by atoms with Crippen LogP contribution in [0.2, 0.25) is 5.02 Å². The van der Waals surface area contributed by atoms with Crippen molar-refractivity contribution in [1.29, 1.82) is 0 Å². The van der Waals surface area contributed by atoms with E-state index in [1.54, 1.807) is 0 Å². The van der Waals surface area contributed by atoms with Crippen molar-refractivity contribution < 1.29 is 4.79 Å². The average molecular weight is 329 g/mol. The number of halogens is 1. The van der Waals surface area contributed by atoms with E-state index in [4.69, 9.17) is 11.6 Å². The monoisotopic (exact) mass is 328 g/mol. The lowest BCUT2D eigenvalue weighted by Gasteiger charge is -2.32. The normalized spacial score (nSPS) is 18.6. The predicted octanol–water partition coefficient (Wildman–Crippen LogP) is 4.19. The molecule has 120 valence electrons. The third kappa shape index (κ3) is 4.57. The first-order valence-corrected chi connectivity index (χ1v) is 8.41. The molecule has 23 heavy (non-hydrogen) atoms. The molecule has 1 fully saturated rings. The summed E-state index contributed by atoms with van der Waals surface area (Å²) in [5.41, 5.74) is 2.06. The molecule has 1 saturated heterocycles. The molecule has 1 aliphatic rings. The van der Waals surface area contributed by atoms with Crippen LogP contribution in [-0.4, -0.2) is 23.9 Å². The third-order valence-corrected chi connectivity index (χ3v) is 4.45. The summed E-state index contributed by atoms with van der Waals surface area (Å²) < 4.78 is 0. The molecule has 1 N–H and O–H groups in total. The summed E-state index contributed by atoms with van der Waals surface area (Å²) >= 11 is 6.05. The Labute approximate surface area is 142 Å². The minimum Gasteiger partial charge on any atom is -0.326 e. The van der Waals surface area contributed by atoms with Crippen molar-refractivity contribution in [1.82, 2.24) is 4.90 Å². The minimum atomic E-state index is 0.0446. The molecule has 4 heteroatoms. The molecule has 0 aliphatic carbocycles. The fraction of sp³-hybridized carbons (Fsp3) is 0.316. The topological polar surface area (TPSA) is 32.3 Å². The van der Waals surface area contributed by atoms with Crippen LogP contribution in [0.25, 0.3) is 0 Å². The largest absolute Gasteiger partial charge is 0.326 e. The maximum atomic E-state index is 12.5. The number of nitrogens with zero attached hydrogens (tertiary/aromatic N) is 1. The van der Waals surface area contributed by atoms with Crippen molar-refractivity contribution in [3.8, 4) is 0 Å². The fourth-order valence-corrected chi connectivity index (χ4v) is 3.29. The van der Waals surface area contributed by atoms with E-state index in [1.165, 1.54) is 5.56 Å². The Morgan fingerprint density at radius 2 is 2.00 bits per heavy atom. The van der Waals surface area contributed by atoms with Gasteiger partial charge in [-0.1, -0.05) is 41.9 Å². The average Bonchev–Trinajstić information content (AvgIpc) is 2.56. The zero-order chi connectivity index (χ0) is 16.1. The van der Waals surface area contributed by atoms with E-state index in [9.17, 15) is 4.79 Å². The first-order valence-electron chi connectivity index (χ1n) is 8.03. The molecule has 0 radical (unpaired) electrons. The van der Waals surface area contributed by atoms with E-state index >= 15 is 0 Å². The quantitative estimate of drug-likeness (QED) is 0.912. The standard InChI is InChI=1S/C19H21ClN2O/c20-17-8-4-6-15(12-17)13-22-11-5-7-16(14-22)19(23)21-18-9-2-1-3-10-18/h1-4,6,8-10,12,16H,5,7,11,13-14H2,(H,21,23). The van der Waals surface area contributed by atoms with Gasteiger partial charge >= 0.3 is 0 Å². The Morgan fingerprint density at radius 1 is 1.17 bits per heavy atom. The Morgan fingerprint density at radius 3 is 2.78 bits per heavy atom. The lowest BCUT2D eigenvalue weighted by atomic mass is 9.96. The second kappa shape index (κ2) is 7.62. The van der Waals surface area contributed by atoms with Gasteiger partial charge in [-0.05, 0) is 49.2 Å². The maximum absolute atomic E-state index is 12.5. The lowest BCUT2D eigenvalue weighted by Crippen LogP contribution is -2.40. The number of hydrogen-bond donors (Lipinski definition) is 1. The number of rotatable bonds is 4. The van der Waals surface area contributed by atoms with Crippen molar-refractivity contribution >= 4 is 23.2 Å². The van der Waals surface area contributed by atoms with Crippen LogP contribution in [0, 0.1) is 5.92 Å². The van der Waals surface area contributed by atoms with Crippen molar-refractivity contribution in [3.05, 3.63) is 65.2 Å². The smallest absolute Gasteiger partial charge is 0.228 e. The van der Waals surface area contributed by atoms with Gasteiger partial charge in [0, 0.05) is 23.8 Å². The number of anilines is 1. The Balaban J connectivity index is 1.58. The first kappa shape index (κ1) is 16.0. The number of hydrogen-bond acceptors (Lipinski definition) is 2. The van der Waals surface area contributed by atoms with Gasteiger partial charge in [-0.15, -0.1) is 0 Å². The van der Waals surface area contributed by atoms with Gasteiger partial charge in [0.1, 0.15) is 0 Å². The molecular formula is C19H21ClN2O. The number of carbonyl (C=O) groups excluding carboxylic acids is 1. The predicted molar refractivity (Wildman–Crippen MR) is 94.5 cm³/mol. The molecule has 0 aromatic heterocycles. The second-order valence-electron chi connectivity index (χ2n) is 6.06. The summed E-state index contributed by atoms with van der Waals surface area (Å²) in [6.45, 7) is 2.67. The fourth-order valence-electron chi connectivity index (χ4n) is 3.07. The van der Waals surface area contributed by atoms with Crippen LogP contribution in [0.5, 0.6) is 0 Å². The zero-order valence-corrected chi connectivity index (χ0v) is 13.8. The lowest BCUT2D eigenvalue weighted by molar-refractivity contribution is -0.121. The van der Waals surface area contributed by atoms with Crippen LogP contribution in [0.1, 0.15) is 18.4 Å².